The molecule has 4 rings (SSSR count). The zero-order valence-electron chi connectivity index (χ0n) is 15.2. The number of rotatable bonds is 3. The van der Waals surface area contributed by atoms with Gasteiger partial charge in [0.1, 0.15) is 11.5 Å². The minimum absolute atomic E-state index is 0.0534. The van der Waals surface area contributed by atoms with Crippen molar-refractivity contribution in [3.05, 3.63) is 76.3 Å². The number of amides is 1. The smallest absolute Gasteiger partial charge is 0.274 e. The zero-order valence-corrected chi connectivity index (χ0v) is 16.0. The number of halogens is 2. The summed E-state index contributed by atoms with van der Waals surface area (Å²) in [6.45, 7) is 2.61. The van der Waals surface area contributed by atoms with Crippen molar-refractivity contribution >= 4 is 34.8 Å². The number of aromatic nitrogens is 2. The SMILES string of the molecule is Cc1cc(C(=O)Nc2ccc(F)c(Cl)c2)nc(N2CCCc3ccccc32)n1. The van der Waals surface area contributed by atoms with Gasteiger partial charge in [0.2, 0.25) is 5.95 Å². The molecule has 0 fully saturated rings. The van der Waals surface area contributed by atoms with Gasteiger partial charge in [-0.2, -0.15) is 0 Å². The summed E-state index contributed by atoms with van der Waals surface area (Å²) in [5.74, 6) is -0.447. The van der Waals surface area contributed by atoms with Gasteiger partial charge in [-0.1, -0.05) is 29.8 Å². The van der Waals surface area contributed by atoms with Crippen molar-refractivity contribution in [2.24, 2.45) is 0 Å². The molecule has 0 aliphatic carbocycles. The molecular weight excluding hydrogens is 379 g/mol. The molecule has 0 saturated carbocycles. The molecule has 28 heavy (non-hydrogen) atoms. The van der Waals surface area contributed by atoms with Gasteiger partial charge in [-0.25, -0.2) is 14.4 Å². The first-order chi connectivity index (χ1) is 13.5. The van der Waals surface area contributed by atoms with Gasteiger partial charge in [-0.05, 0) is 55.7 Å². The topological polar surface area (TPSA) is 58.1 Å². The minimum atomic E-state index is -0.538. The van der Waals surface area contributed by atoms with Crippen molar-refractivity contribution in [1.82, 2.24) is 9.97 Å². The Labute approximate surface area is 167 Å². The number of hydrogen-bond donors (Lipinski definition) is 1. The summed E-state index contributed by atoms with van der Waals surface area (Å²) in [6.07, 6.45) is 2.00. The van der Waals surface area contributed by atoms with Crippen LogP contribution in [0.1, 0.15) is 28.2 Å². The third kappa shape index (κ3) is 3.68. The highest BCUT2D eigenvalue weighted by Gasteiger charge is 2.21. The van der Waals surface area contributed by atoms with Gasteiger partial charge >= 0.3 is 0 Å². The zero-order chi connectivity index (χ0) is 19.7. The molecule has 1 aromatic heterocycles. The third-order valence-corrected chi connectivity index (χ3v) is 4.89. The summed E-state index contributed by atoms with van der Waals surface area (Å²) in [5, 5.41) is 2.65. The first-order valence-electron chi connectivity index (χ1n) is 8.99. The Kier molecular flexibility index (Phi) is 4.96. The van der Waals surface area contributed by atoms with Crippen molar-refractivity contribution < 1.29 is 9.18 Å². The average molecular weight is 397 g/mol. The summed E-state index contributed by atoms with van der Waals surface area (Å²) >= 11 is 5.78. The number of nitrogens with zero attached hydrogens (tertiary/aromatic N) is 3. The summed E-state index contributed by atoms with van der Waals surface area (Å²) < 4.78 is 13.3. The van der Waals surface area contributed by atoms with Gasteiger partial charge in [0.05, 0.1) is 5.02 Å². The van der Waals surface area contributed by atoms with Crippen molar-refractivity contribution in [2.45, 2.75) is 19.8 Å². The second-order valence-corrected chi connectivity index (χ2v) is 7.07. The van der Waals surface area contributed by atoms with E-state index in [9.17, 15) is 9.18 Å². The van der Waals surface area contributed by atoms with Crippen molar-refractivity contribution in [1.29, 1.82) is 0 Å². The fraction of sp³-hybridized carbons (Fsp3) is 0.190. The number of nitrogens with one attached hydrogen (secondary N) is 1. The number of benzene rings is 2. The molecule has 3 aromatic rings. The van der Waals surface area contributed by atoms with E-state index in [1.165, 1.54) is 23.8 Å². The summed E-state index contributed by atoms with van der Waals surface area (Å²) in [5.41, 5.74) is 3.64. The molecule has 0 spiro atoms. The van der Waals surface area contributed by atoms with Crippen LogP contribution in [0, 0.1) is 12.7 Å². The Balaban J connectivity index is 1.64. The lowest BCUT2D eigenvalue weighted by Crippen LogP contribution is -2.27. The number of hydrogen-bond acceptors (Lipinski definition) is 4. The van der Waals surface area contributed by atoms with Gasteiger partial charge < -0.3 is 10.2 Å². The van der Waals surface area contributed by atoms with E-state index < -0.39 is 11.7 Å². The van der Waals surface area contributed by atoms with E-state index in [2.05, 4.69) is 21.4 Å². The van der Waals surface area contributed by atoms with Crippen LogP contribution in [0.5, 0.6) is 0 Å². The Hall–Kier alpha value is -2.99. The highest BCUT2D eigenvalue weighted by molar-refractivity contribution is 6.31. The lowest BCUT2D eigenvalue weighted by atomic mass is 10.0. The Morgan fingerprint density at radius 1 is 1.18 bits per heavy atom. The first-order valence-corrected chi connectivity index (χ1v) is 9.36. The number of para-hydroxylation sites is 1. The van der Waals surface area contributed by atoms with Crippen molar-refractivity contribution in [3.63, 3.8) is 0 Å². The molecule has 7 heteroatoms. The normalized spacial score (nSPS) is 13.2. The maximum atomic E-state index is 13.3. The maximum absolute atomic E-state index is 13.3. The van der Waals surface area contributed by atoms with Crippen LogP contribution in [0.3, 0.4) is 0 Å². The van der Waals surface area contributed by atoms with Gasteiger partial charge in [0.25, 0.3) is 5.91 Å². The fourth-order valence-electron chi connectivity index (χ4n) is 3.30. The predicted molar refractivity (Wildman–Crippen MR) is 108 cm³/mol. The van der Waals surface area contributed by atoms with Crippen LogP contribution in [0.4, 0.5) is 21.7 Å². The Morgan fingerprint density at radius 3 is 2.82 bits per heavy atom. The summed E-state index contributed by atoms with van der Waals surface area (Å²) in [4.78, 5) is 23.7. The number of carbonyl (C=O) groups excluding carboxylic acids is 1. The highest BCUT2D eigenvalue weighted by Crippen LogP contribution is 2.31. The highest BCUT2D eigenvalue weighted by atomic mass is 35.5. The molecule has 0 atom stereocenters. The van der Waals surface area contributed by atoms with Gasteiger partial charge in [-0.15, -0.1) is 0 Å². The maximum Gasteiger partial charge on any atom is 0.274 e. The number of aryl methyl sites for hydroxylation is 2. The summed E-state index contributed by atoms with van der Waals surface area (Å²) in [7, 11) is 0. The van der Waals surface area contributed by atoms with Crippen LogP contribution < -0.4 is 10.2 Å². The van der Waals surface area contributed by atoms with Crippen LogP contribution in [0.15, 0.2) is 48.5 Å². The van der Waals surface area contributed by atoms with Crippen molar-refractivity contribution in [2.75, 3.05) is 16.8 Å². The number of carbonyl (C=O) groups is 1. The first kappa shape index (κ1) is 18.4. The summed E-state index contributed by atoms with van der Waals surface area (Å²) in [6, 6.07) is 13.8. The molecule has 2 aromatic carbocycles. The predicted octanol–water partition coefficient (Wildman–Crippen LogP) is 4.91. The molecule has 0 saturated heterocycles. The lowest BCUT2D eigenvalue weighted by Gasteiger charge is -2.29. The van der Waals surface area contributed by atoms with Gasteiger partial charge in [0, 0.05) is 23.6 Å². The van der Waals surface area contributed by atoms with E-state index in [0.29, 0.717) is 17.3 Å². The number of anilines is 3. The van der Waals surface area contributed by atoms with E-state index in [-0.39, 0.29) is 10.7 Å². The fourth-order valence-corrected chi connectivity index (χ4v) is 3.48. The molecule has 1 aliphatic heterocycles. The van der Waals surface area contributed by atoms with Gasteiger partial charge in [-0.3, -0.25) is 4.79 Å². The molecule has 0 radical (unpaired) electrons. The molecule has 142 valence electrons. The Bertz CT molecular complexity index is 1060. The molecule has 5 nitrogen and oxygen atoms in total. The number of fused-ring (bicyclic) bond motifs is 1. The van der Waals surface area contributed by atoms with E-state index >= 15 is 0 Å². The van der Waals surface area contributed by atoms with Crippen molar-refractivity contribution in [3.8, 4) is 0 Å². The third-order valence-electron chi connectivity index (χ3n) is 4.60. The van der Waals surface area contributed by atoms with Crippen LogP contribution in [0.2, 0.25) is 5.02 Å². The van der Waals surface area contributed by atoms with E-state index in [1.54, 1.807) is 6.07 Å². The molecule has 1 amide bonds. The average Bonchev–Trinajstić information content (AvgIpc) is 2.70. The standard InChI is InChI=1S/C21H18ClFN4O/c1-13-11-18(20(28)25-15-8-9-17(23)16(22)12-15)26-21(24-13)27-10-4-6-14-5-2-3-7-19(14)27/h2-3,5,7-9,11-12H,4,6,10H2,1H3,(H,25,28). The monoisotopic (exact) mass is 396 g/mol. The molecule has 1 aliphatic rings. The van der Waals surface area contributed by atoms with E-state index in [4.69, 9.17) is 11.6 Å². The quantitative estimate of drug-likeness (QED) is 0.683. The largest absolute Gasteiger partial charge is 0.321 e. The minimum Gasteiger partial charge on any atom is -0.321 e. The molecule has 0 bridgehead atoms. The van der Waals surface area contributed by atoms with Gasteiger partial charge in [0.15, 0.2) is 0 Å². The molecule has 0 unspecified atom stereocenters. The van der Waals surface area contributed by atoms with Crippen LogP contribution >= 0.6 is 11.6 Å². The molecule has 1 N–H and O–H groups in total. The van der Waals surface area contributed by atoms with E-state index in [0.717, 1.165) is 25.1 Å². The van der Waals surface area contributed by atoms with Crippen LogP contribution in [0.25, 0.3) is 0 Å². The van der Waals surface area contributed by atoms with Crippen LogP contribution in [-0.4, -0.2) is 22.4 Å². The second-order valence-electron chi connectivity index (χ2n) is 6.66. The molecular formula is C21H18ClFN4O. The lowest BCUT2D eigenvalue weighted by molar-refractivity contribution is 0.102. The van der Waals surface area contributed by atoms with E-state index in [1.807, 2.05) is 30.0 Å². The molecule has 2 heterocycles. The second kappa shape index (κ2) is 7.56. The Morgan fingerprint density at radius 2 is 2.00 bits per heavy atom. The van der Waals surface area contributed by atoms with Crippen LogP contribution in [-0.2, 0) is 6.42 Å².